The van der Waals surface area contributed by atoms with Crippen LogP contribution in [0.25, 0.3) is 0 Å². The Kier molecular flexibility index (Phi) is 8.06. The number of nitrogens with one attached hydrogen (secondary N) is 1. The predicted molar refractivity (Wildman–Crippen MR) is 103 cm³/mol. The van der Waals surface area contributed by atoms with E-state index in [1.807, 2.05) is 24.3 Å². The maximum atomic E-state index is 12.2. The lowest BCUT2D eigenvalue weighted by atomic mass is 10.0. The van der Waals surface area contributed by atoms with Crippen molar-refractivity contribution in [2.24, 2.45) is 0 Å². The van der Waals surface area contributed by atoms with Crippen molar-refractivity contribution >= 4 is 21.6 Å². The van der Waals surface area contributed by atoms with Crippen LogP contribution in [-0.2, 0) is 16.4 Å². The van der Waals surface area contributed by atoms with Gasteiger partial charge in [-0.2, -0.15) is 0 Å². The second kappa shape index (κ2) is 10.0. The molecule has 0 aliphatic heterocycles. The fraction of sp³-hybridized carbons (Fsp3) is 0.368. The van der Waals surface area contributed by atoms with Crippen molar-refractivity contribution in [2.45, 2.75) is 36.7 Å². The van der Waals surface area contributed by atoms with Gasteiger partial charge in [-0.1, -0.05) is 35.9 Å². The lowest BCUT2D eigenvalue weighted by molar-refractivity contribution is 0.159. The Labute approximate surface area is 159 Å². The number of rotatable bonds is 10. The van der Waals surface area contributed by atoms with E-state index in [1.165, 1.54) is 12.1 Å². The van der Waals surface area contributed by atoms with Gasteiger partial charge in [-0.05, 0) is 61.1 Å². The van der Waals surface area contributed by atoms with Gasteiger partial charge in [-0.25, -0.2) is 13.1 Å². The number of hydrogen-bond acceptors (Lipinski definition) is 4. The molecule has 0 fully saturated rings. The van der Waals surface area contributed by atoms with Gasteiger partial charge >= 0.3 is 0 Å². The van der Waals surface area contributed by atoms with E-state index in [2.05, 4.69) is 4.72 Å². The molecule has 142 valence electrons. The Morgan fingerprint density at radius 3 is 2.27 bits per heavy atom. The summed E-state index contributed by atoms with van der Waals surface area (Å²) in [6, 6.07) is 13.5. The average Bonchev–Trinajstić information content (AvgIpc) is 2.62. The SMILES string of the molecule is O=S(=O)(NCCc1ccc(C(O)CCCCO)cc1)c1ccc(Cl)cc1. The fourth-order valence-corrected chi connectivity index (χ4v) is 3.71. The average molecular weight is 398 g/mol. The number of hydrogen-bond donors (Lipinski definition) is 3. The number of aliphatic hydroxyl groups excluding tert-OH is 2. The van der Waals surface area contributed by atoms with Gasteiger partial charge in [0.15, 0.2) is 0 Å². The van der Waals surface area contributed by atoms with E-state index in [0.29, 0.717) is 24.3 Å². The second-order valence-corrected chi connectivity index (χ2v) is 8.28. The van der Waals surface area contributed by atoms with Crippen LogP contribution in [0.3, 0.4) is 0 Å². The highest BCUT2D eigenvalue weighted by atomic mass is 35.5. The molecule has 5 nitrogen and oxygen atoms in total. The highest BCUT2D eigenvalue weighted by molar-refractivity contribution is 7.89. The molecular weight excluding hydrogens is 374 g/mol. The predicted octanol–water partition coefficient (Wildman–Crippen LogP) is 3.06. The monoisotopic (exact) mass is 397 g/mol. The number of sulfonamides is 1. The van der Waals surface area contributed by atoms with Crippen LogP contribution in [0.15, 0.2) is 53.4 Å². The van der Waals surface area contributed by atoms with Crippen LogP contribution in [0.5, 0.6) is 0 Å². The summed E-state index contributed by atoms with van der Waals surface area (Å²) in [5, 5.41) is 19.3. The molecule has 2 aromatic carbocycles. The largest absolute Gasteiger partial charge is 0.396 e. The first-order chi connectivity index (χ1) is 12.4. The van der Waals surface area contributed by atoms with Crippen LogP contribution in [0.1, 0.15) is 36.5 Å². The zero-order chi connectivity index (χ0) is 19.0. The van der Waals surface area contributed by atoms with Crippen molar-refractivity contribution in [3.05, 3.63) is 64.7 Å². The molecule has 0 saturated carbocycles. The van der Waals surface area contributed by atoms with Gasteiger partial charge in [0, 0.05) is 18.2 Å². The second-order valence-electron chi connectivity index (χ2n) is 6.08. The van der Waals surface area contributed by atoms with Crippen LogP contribution in [0, 0.1) is 0 Å². The minimum absolute atomic E-state index is 0.136. The Bertz CT molecular complexity index is 776. The van der Waals surface area contributed by atoms with Gasteiger partial charge in [-0.15, -0.1) is 0 Å². The molecule has 7 heteroatoms. The first kappa shape index (κ1) is 20.9. The van der Waals surface area contributed by atoms with Crippen molar-refractivity contribution in [1.82, 2.24) is 4.72 Å². The Hall–Kier alpha value is -1.44. The molecule has 1 unspecified atom stereocenters. The number of unbranched alkanes of at least 4 members (excludes halogenated alkanes) is 1. The van der Waals surface area contributed by atoms with Crippen molar-refractivity contribution in [3.63, 3.8) is 0 Å². The summed E-state index contributed by atoms with van der Waals surface area (Å²) < 4.78 is 27.0. The van der Waals surface area contributed by atoms with E-state index in [-0.39, 0.29) is 18.0 Å². The fourth-order valence-electron chi connectivity index (χ4n) is 2.55. The van der Waals surface area contributed by atoms with E-state index < -0.39 is 16.1 Å². The minimum atomic E-state index is -3.55. The zero-order valence-corrected chi connectivity index (χ0v) is 16.0. The molecule has 1 atom stereocenters. The summed E-state index contributed by atoms with van der Waals surface area (Å²) in [4.78, 5) is 0.184. The van der Waals surface area contributed by atoms with E-state index in [1.54, 1.807) is 12.1 Å². The molecular formula is C19H24ClNO4S. The van der Waals surface area contributed by atoms with Crippen molar-refractivity contribution in [3.8, 4) is 0 Å². The van der Waals surface area contributed by atoms with Gasteiger partial charge in [0.25, 0.3) is 0 Å². The molecule has 0 heterocycles. The highest BCUT2D eigenvalue weighted by Gasteiger charge is 2.13. The molecule has 0 aromatic heterocycles. The van der Waals surface area contributed by atoms with Gasteiger partial charge in [-0.3, -0.25) is 0 Å². The maximum absolute atomic E-state index is 12.2. The molecule has 0 amide bonds. The highest BCUT2D eigenvalue weighted by Crippen LogP contribution is 2.20. The number of benzene rings is 2. The third-order valence-electron chi connectivity index (χ3n) is 4.08. The van der Waals surface area contributed by atoms with Crippen LogP contribution >= 0.6 is 11.6 Å². The first-order valence-corrected chi connectivity index (χ1v) is 10.4. The molecule has 26 heavy (non-hydrogen) atoms. The lowest BCUT2D eigenvalue weighted by Gasteiger charge is -2.11. The number of halogens is 1. The van der Waals surface area contributed by atoms with Crippen LogP contribution in [-0.4, -0.2) is 31.8 Å². The van der Waals surface area contributed by atoms with E-state index >= 15 is 0 Å². The molecule has 0 aliphatic rings. The summed E-state index contributed by atoms with van der Waals surface area (Å²) in [6.45, 7) is 0.418. The maximum Gasteiger partial charge on any atom is 0.240 e. The first-order valence-electron chi connectivity index (χ1n) is 8.55. The van der Waals surface area contributed by atoms with Gasteiger partial charge in [0.05, 0.1) is 11.0 Å². The number of aliphatic hydroxyl groups is 2. The van der Waals surface area contributed by atoms with E-state index in [9.17, 15) is 13.5 Å². The van der Waals surface area contributed by atoms with Crippen LogP contribution in [0.4, 0.5) is 0 Å². The summed E-state index contributed by atoms with van der Waals surface area (Å²) in [6.07, 6.45) is 2.07. The molecule has 0 aliphatic carbocycles. The van der Waals surface area contributed by atoms with E-state index in [4.69, 9.17) is 16.7 Å². The summed E-state index contributed by atoms with van der Waals surface area (Å²) >= 11 is 5.77. The zero-order valence-electron chi connectivity index (χ0n) is 14.4. The minimum Gasteiger partial charge on any atom is -0.396 e. The lowest BCUT2D eigenvalue weighted by Crippen LogP contribution is -2.25. The normalized spacial score (nSPS) is 12.9. The molecule has 0 saturated heterocycles. The summed E-state index contributed by atoms with van der Waals surface area (Å²) in [5.41, 5.74) is 1.81. The van der Waals surface area contributed by atoms with Gasteiger partial charge in [0.1, 0.15) is 0 Å². The van der Waals surface area contributed by atoms with Crippen molar-refractivity contribution < 1.29 is 18.6 Å². The third kappa shape index (κ3) is 6.37. The van der Waals surface area contributed by atoms with Gasteiger partial charge in [0.2, 0.25) is 10.0 Å². The molecule has 2 rings (SSSR count). The third-order valence-corrected chi connectivity index (χ3v) is 5.81. The standard InChI is InChI=1S/C19H24ClNO4S/c20-17-8-10-18(11-9-17)26(24,25)21-13-12-15-4-6-16(7-5-15)19(23)3-1-2-14-22/h4-11,19,21-23H,1-3,12-14H2. The van der Waals surface area contributed by atoms with Crippen molar-refractivity contribution in [1.29, 1.82) is 0 Å². The topological polar surface area (TPSA) is 86.6 Å². The smallest absolute Gasteiger partial charge is 0.240 e. The molecule has 0 spiro atoms. The van der Waals surface area contributed by atoms with Crippen molar-refractivity contribution in [2.75, 3.05) is 13.2 Å². The Morgan fingerprint density at radius 2 is 1.65 bits per heavy atom. The molecule has 0 radical (unpaired) electrons. The Balaban J connectivity index is 1.85. The molecule has 2 aromatic rings. The summed E-state index contributed by atoms with van der Waals surface area (Å²) in [5.74, 6) is 0. The molecule has 0 bridgehead atoms. The quantitative estimate of drug-likeness (QED) is 0.538. The Morgan fingerprint density at radius 1 is 1.00 bits per heavy atom. The van der Waals surface area contributed by atoms with Gasteiger partial charge < -0.3 is 10.2 Å². The summed E-state index contributed by atoms with van der Waals surface area (Å²) in [7, 11) is -3.55. The van der Waals surface area contributed by atoms with Crippen LogP contribution < -0.4 is 4.72 Å². The van der Waals surface area contributed by atoms with Crippen LogP contribution in [0.2, 0.25) is 5.02 Å². The van der Waals surface area contributed by atoms with E-state index in [0.717, 1.165) is 17.5 Å². The molecule has 3 N–H and O–H groups in total.